The summed E-state index contributed by atoms with van der Waals surface area (Å²) in [6.45, 7) is -1.61. The van der Waals surface area contributed by atoms with Gasteiger partial charge in [0, 0.05) is 19.2 Å². The average Bonchev–Trinajstić information content (AvgIpc) is 2.62. The average molecular weight is 399 g/mol. The van der Waals surface area contributed by atoms with Gasteiger partial charge in [-0.05, 0) is 36.8 Å². The molecular weight excluding hydrogens is 380 g/mol. The molecule has 6 nitrogen and oxygen atoms in total. The van der Waals surface area contributed by atoms with E-state index in [0.717, 1.165) is 4.31 Å². The van der Waals surface area contributed by atoms with E-state index >= 15 is 0 Å². The van der Waals surface area contributed by atoms with Gasteiger partial charge in [0.2, 0.25) is 10.0 Å². The molecule has 146 valence electrons. The van der Waals surface area contributed by atoms with Crippen LogP contribution < -0.4 is 9.47 Å². The molecule has 0 aliphatic carbocycles. The molecule has 0 spiro atoms. The number of carbonyl (C=O) groups excluding carboxylic acids is 1. The maximum atomic E-state index is 12.7. The summed E-state index contributed by atoms with van der Waals surface area (Å²) < 4.78 is 60.6. The molecule has 9 heteroatoms. The van der Waals surface area contributed by atoms with Gasteiger partial charge in [0.25, 0.3) is 0 Å². The van der Waals surface area contributed by atoms with Crippen molar-refractivity contribution in [1.29, 1.82) is 0 Å². The molecule has 0 amide bonds. The highest BCUT2D eigenvalue weighted by Crippen LogP contribution is 2.30. The first-order valence-electron chi connectivity index (χ1n) is 7.84. The third-order valence-electron chi connectivity index (χ3n) is 3.82. The lowest BCUT2D eigenvalue weighted by molar-refractivity contribution is -0.0512. The Bertz CT molecular complexity index is 914. The Morgan fingerprint density at radius 3 is 2.26 bits per heavy atom. The van der Waals surface area contributed by atoms with Crippen molar-refractivity contribution in [2.45, 2.75) is 25.0 Å². The van der Waals surface area contributed by atoms with Crippen LogP contribution in [0, 0.1) is 0 Å². The van der Waals surface area contributed by atoms with Crippen molar-refractivity contribution < 1.29 is 31.5 Å². The molecule has 2 rings (SSSR count). The molecule has 0 saturated carbocycles. The van der Waals surface area contributed by atoms with Gasteiger partial charge in [-0.1, -0.05) is 18.2 Å². The predicted octanol–water partition coefficient (Wildman–Crippen LogP) is 3.32. The van der Waals surface area contributed by atoms with E-state index in [1.807, 2.05) is 0 Å². The zero-order valence-corrected chi connectivity index (χ0v) is 15.8. The maximum absolute atomic E-state index is 12.7. The number of sulfonamides is 1. The van der Waals surface area contributed by atoms with E-state index in [0.29, 0.717) is 11.1 Å². The fraction of sp³-hybridized carbons (Fsp3) is 0.278. The van der Waals surface area contributed by atoms with Crippen LogP contribution in [0.3, 0.4) is 0 Å². The number of ether oxygens (including phenoxy) is 2. The van der Waals surface area contributed by atoms with Crippen LogP contribution >= 0.6 is 0 Å². The van der Waals surface area contributed by atoms with Gasteiger partial charge in [0.15, 0.2) is 17.3 Å². The Labute approximate surface area is 156 Å². The second-order valence-corrected chi connectivity index (χ2v) is 7.75. The zero-order chi connectivity index (χ0) is 20.2. The van der Waals surface area contributed by atoms with Crippen molar-refractivity contribution in [2.75, 3.05) is 14.2 Å². The molecule has 2 aromatic carbocycles. The first-order valence-corrected chi connectivity index (χ1v) is 9.28. The summed E-state index contributed by atoms with van der Waals surface area (Å²) in [6.07, 6.45) is 0. The highest BCUT2D eigenvalue weighted by Gasteiger charge is 2.22. The predicted molar refractivity (Wildman–Crippen MR) is 94.7 cm³/mol. The van der Waals surface area contributed by atoms with E-state index < -0.39 is 16.6 Å². The van der Waals surface area contributed by atoms with Crippen LogP contribution in [0.5, 0.6) is 11.5 Å². The molecule has 2 aromatic rings. The molecule has 0 aliphatic heterocycles. The molecule has 0 aliphatic rings. The Kier molecular flexibility index (Phi) is 6.50. The van der Waals surface area contributed by atoms with E-state index in [1.165, 1.54) is 63.5 Å². The lowest BCUT2D eigenvalue weighted by Crippen LogP contribution is -2.26. The number of ketones is 1. The molecule has 0 heterocycles. The molecule has 0 atom stereocenters. The first-order chi connectivity index (χ1) is 12.6. The van der Waals surface area contributed by atoms with Gasteiger partial charge in [-0.2, -0.15) is 13.1 Å². The topological polar surface area (TPSA) is 72.9 Å². The molecule has 0 saturated heterocycles. The zero-order valence-electron chi connectivity index (χ0n) is 15.0. The Balaban J connectivity index is 2.22. The molecule has 0 unspecified atom stereocenters. The Hall–Kier alpha value is -2.52. The Morgan fingerprint density at radius 2 is 1.74 bits per heavy atom. The highest BCUT2D eigenvalue weighted by molar-refractivity contribution is 7.89. The van der Waals surface area contributed by atoms with E-state index in [-0.39, 0.29) is 28.7 Å². The number of rotatable bonds is 8. The minimum Gasteiger partial charge on any atom is -0.493 e. The summed E-state index contributed by atoms with van der Waals surface area (Å²) in [5, 5.41) is 0. The Morgan fingerprint density at radius 1 is 1.11 bits per heavy atom. The summed E-state index contributed by atoms with van der Waals surface area (Å²) in [5.41, 5.74) is 0.941. The summed E-state index contributed by atoms with van der Waals surface area (Å²) in [6, 6.07) is 9.83. The van der Waals surface area contributed by atoms with Crippen molar-refractivity contribution >= 4 is 15.8 Å². The van der Waals surface area contributed by atoms with E-state index in [1.54, 1.807) is 0 Å². The molecule has 27 heavy (non-hydrogen) atoms. The van der Waals surface area contributed by atoms with E-state index in [4.69, 9.17) is 4.74 Å². The standard InChI is InChI=1S/C18H19F2NO5S/c1-12(22)14-5-7-15(8-6-14)27(23,24)21(2)11-13-4-9-16(26-18(19)20)17(10-13)25-3/h4-10,18H,11H2,1-3H3. The van der Waals surface area contributed by atoms with Gasteiger partial charge >= 0.3 is 6.61 Å². The van der Waals surface area contributed by atoms with Crippen molar-refractivity contribution in [3.05, 3.63) is 53.6 Å². The van der Waals surface area contributed by atoms with Crippen LogP contribution in [0.25, 0.3) is 0 Å². The van der Waals surface area contributed by atoms with Crippen LogP contribution in [0.4, 0.5) is 8.78 Å². The minimum absolute atomic E-state index is 0.0118. The summed E-state index contributed by atoms with van der Waals surface area (Å²) >= 11 is 0. The fourth-order valence-corrected chi connectivity index (χ4v) is 3.55. The number of methoxy groups -OCH3 is 1. The second-order valence-electron chi connectivity index (χ2n) is 5.71. The maximum Gasteiger partial charge on any atom is 0.387 e. The normalized spacial score (nSPS) is 11.7. The number of Topliss-reactive ketones (excluding diaryl/α,β-unsaturated/α-hetero) is 1. The fourth-order valence-electron chi connectivity index (χ4n) is 2.39. The molecule has 0 aromatic heterocycles. The first kappa shape index (κ1) is 20.8. The quantitative estimate of drug-likeness (QED) is 0.637. The van der Waals surface area contributed by atoms with Crippen LogP contribution in [0.2, 0.25) is 0 Å². The number of hydrogen-bond acceptors (Lipinski definition) is 5. The smallest absolute Gasteiger partial charge is 0.387 e. The van der Waals surface area contributed by atoms with Gasteiger partial charge in [0.05, 0.1) is 12.0 Å². The molecule has 0 N–H and O–H groups in total. The van der Waals surface area contributed by atoms with E-state index in [9.17, 15) is 22.0 Å². The van der Waals surface area contributed by atoms with Gasteiger partial charge < -0.3 is 9.47 Å². The summed E-state index contributed by atoms with van der Waals surface area (Å²) in [5.74, 6) is -0.225. The number of benzene rings is 2. The van der Waals surface area contributed by atoms with Gasteiger partial charge in [-0.25, -0.2) is 8.42 Å². The lowest BCUT2D eigenvalue weighted by Gasteiger charge is -2.18. The third kappa shape index (κ3) is 5.01. The van der Waals surface area contributed by atoms with Crippen molar-refractivity contribution in [3.8, 4) is 11.5 Å². The summed E-state index contributed by atoms with van der Waals surface area (Å²) in [7, 11) is -1.11. The molecular formula is C18H19F2NO5S. The molecule has 0 bridgehead atoms. The highest BCUT2D eigenvalue weighted by atomic mass is 32.2. The van der Waals surface area contributed by atoms with E-state index in [2.05, 4.69) is 4.74 Å². The van der Waals surface area contributed by atoms with Gasteiger partial charge in [0.1, 0.15) is 0 Å². The minimum atomic E-state index is -3.80. The summed E-state index contributed by atoms with van der Waals surface area (Å²) in [4.78, 5) is 11.3. The van der Waals surface area contributed by atoms with Crippen molar-refractivity contribution in [1.82, 2.24) is 4.31 Å². The molecule has 0 radical (unpaired) electrons. The molecule has 0 fully saturated rings. The number of halogens is 2. The van der Waals surface area contributed by atoms with Crippen LogP contribution in [0.1, 0.15) is 22.8 Å². The SMILES string of the molecule is COc1cc(CN(C)S(=O)(=O)c2ccc(C(C)=O)cc2)ccc1OC(F)F. The third-order valence-corrected chi connectivity index (χ3v) is 5.64. The number of carbonyl (C=O) groups is 1. The van der Waals surface area contributed by atoms with Crippen LogP contribution in [-0.2, 0) is 16.6 Å². The van der Waals surface area contributed by atoms with Gasteiger partial charge in [-0.3, -0.25) is 4.79 Å². The van der Waals surface area contributed by atoms with Gasteiger partial charge in [-0.15, -0.1) is 0 Å². The number of nitrogens with zero attached hydrogens (tertiary/aromatic N) is 1. The lowest BCUT2D eigenvalue weighted by atomic mass is 10.2. The van der Waals surface area contributed by atoms with Crippen molar-refractivity contribution in [3.63, 3.8) is 0 Å². The largest absolute Gasteiger partial charge is 0.493 e. The van der Waals surface area contributed by atoms with Crippen molar-refractivity contribution in [2.24, 2.45) is 0 Å². The van der Waals surface area contributed by atoms with Crippen LogP contribution in [-0.4, -0.2) is 39.3 Å². The number of alkyl halides is 2. The second kappa shape index (κ2) is 8.45. The van der Waals surface area contributed by atoms with Crippen LogP contribution in [0.15, 0.2) is 47.4 Å². The number of hydrogen-bond donors (Lipinski definition) is 0. The monoisotopic (exact) mass is 399 g/mol.